The summed E-state index contributed by atoms with van der Waals surface area (Å²) in [6, 6.07) is 3.11. The molecule has 20 heavy (non-hydrogen) atoms. The summed E-state index contributed by atoms with van der Waals surface area (Å²) in [5, 5.41) is 11.5. The number of aliphatic carboxylic acids is 1. The first-order chi connectivity index (χ1) is 9.40. The van der Waals surface area contributed by atoms with E-state index in [4.69, 9.17) is 14.6 Å². The minimum atomic E-state index is -1.02. The van der Waals surface area contributed by atoms with Gasteiger partial charge >= 0.3 is 5.97 Å². The molecule has 0 saturated carbocycles. The van der Waals surface area contributed by atoms with Crippen molar-refractivity contribution in [1.29, 1.82) is 0 Å². The second-order valence-corrected chi connectivity index (χ2v) is 4.61. The van der Waals surface area contributed by atoms with Gasteiger partial charge in [-0.15, -0.1) is 0 Å². The molecule has 1 rings (SSSR count). The average molecular weight is 282 g/mol. The molecule has 1 unspecified atom stereocenters. The van der Waals surface area contributed by atoms with Gasteiger partial charge < -0.3 is 19.9 Å². The van der Waals surface area contributed by atoms with E-state index >= 15 is 0 Å². The molecule has 1 heterocycles. The molecule has 0 radical (unpaired) electrons. The Kier molecular flexibility index (Phi) is 5.45. The molecule has 0 aliphatic carbocycles. The molecule has 0 bridgehead atoms. The van der Waals surface area contributed by atoms with Crippen molar-refractivity contribution in [3.8, 4) is 5.88 Å². The Morgan fingerprint density at radius 2 is 2.10 bits per heavy atom. The van der Waals surface area contributed by atoms with Gasteiger partial charge in [0, 0.05) is 19.4 Å². The molecule has 1 amide bonds. The molecule has 7 nitrogen and oxygen atoms in total. The summed E-state index contributed by atoms with van der Waals surface area (Å²) in [4.78, 5) is 26.9. The Bertz CT molecular complexity index is 474. The van der Waals surface area contributed by atoms with Gasteiger partial charge in [0.1, 0.15) is 0 Å². The van der Waals surface area contributed by atoms with Gasteiger partial charge in [-0.05, 0) is 13.0 Å². The molecule has 0 aliphatic rings. The third-order valence-electron chi connectivity index (χ3n) is 2.63. The predicted octanol–water partition coefficient (Wildman–Crippen LogP) is 0.700. The van der Waals surface area contributed by atoms with Crippen LogP contribution in [0.1, 0.15) is 23.7 Å². The van der Waals surface area contributed by atoms with E-state index in [9.17, 15) is 9.59 Å². The topological polar surface area (TPSA) is 97.8 Å². The third-order valence-corrected chi connectivity index (χ3v) is 2.63. The van der Waals surface area contributed by atoms with Gasteiger partial charge in [-0.1, -0.05) is 0 Å². The fourth-order valence-corrected chi connectivity index (χ4v) is 1.77. The van der Waals surface area contributed by atoms with Crippen molar-refractivity contribution in [2.24, 2.45) is 0 Å². The minimum Gasteiger partial charge on any atom is -0.481 e. The van der Waals surface area contributed by atoms with E-state index in [2.05, 4.69) is 10.3 Å². The molecule has 0 saturated heterocycles. The summed E-state index contributed by atoms with van der Waals surface area (Å²) in [5.74, 6) is -1.04. The highest BCUT2D eigenvalue weighted by molar-refractivity contribution is 5.94. The molecule has 7 heteroatoms. The molecule has 0 fully saturated rings. The standard InChI is InChI=1S/C13H18N2O5/c1-13(8-19-2,6-11(16)17)15-12(18)9-4-5-10(20-3)14-7-9/h4-5,7H,6,8H2,1-3H3,(H,15,18)(H,16,17). The summed E-state index contributed by atoms with van der Waals surface area (Å²) in [7, 11) is 2.92. The fraction of sp³-hybridized carbons (Fsp3) is 0.462. The van der Waals surface area contributed by atoms with Crippen LogP contribution < -0.4 is 10.1 Å². The smallest absolute Gasteiger partial charge is 0.305 e. The van der Waals surface area contributed by atoms with E-state index in [1.54, 1.807) is 19.1 Å². The Hall–Kier alpha value is -2.15. The van der Waals surface area contributed by atoms with Crippen molar-refractivity contribution >= 4 is 11.9 Å². The van der Waals surface area contributed by atoms with Crippen LogP contribution in [-0.2, 0) is 9.53 Å². The van der Waals surface area contributed by atoms with Crippen LogP contribution in [0.25, 0.3) is 0 Å². The van der Waals surface area contributed by atoms with Gasteiger partial charge in [-0.25, -0.2) is 4.98 Å². The summed E-state index contributed by atoms with van der Waals surface area (Å²) >= 11 is 0. The Morgan fingerprint density at radius 3 is 2.55 bits per heavy atom. The maximum atomic E-state index is 12.1. The largest absolute Gasteiger partial charge is 0.481 e. The van der Waals surface area contributed by atoms with E-state index in [-0.39, 0.29) is 13.0 Å². The lowest BCUT2D eigenvalue weighted by atomic mass is 9.98. The van der Waals surface area contributed by atoms with E-state index in [1.807, 2.05) is 0 Å². The van der Waals surface area contributed by atoms with Gasteiger partial charge in [-0.2, -0.15) is 0 Å². The summed E-state index contributed by atoms with van der Waals surface area (Å²) < 4.78 is 9.87. The van der Waals surface area contributed by atoms with Gasteiger partial charge in [0.25, 0.3) is 5.91 Å². The van der Waals surface area contributed by atoms with E-state index in [0.717, 1.165) is 0 Å². The Labute approximate surface area is 116 Å². The number of rotatable bonds is 7. The van der Waals surface area contributed by atoms with Crippen molar-refractivity contribution in [3.05, 3.63) is 23.9 Å². The van der Waals surface area contributed by atoms with Crippen LogP contribution >= 0.6 is 0 Å². The molecule has 2 N–H and O–H groups in total. The lowest BCUT2D eigenvalue weighted by molar-refractivity contribution is -0.139. The molecule has 0 aliphatic heterocycles. The van der Waals surface area contributed by atoms with Crippen LogP contribution in [0.5, 0.6) is 5.88 Å². The van der Waals surface area contributed by atoms with Gasteiger partial charge in [0.05, 0.1) is 31.2 Å². The monoisotopic (exact) mass is 282 g/mol. The van der Waals surface area contributed by atoms with E-state index in [0.29, 0.717) is 11.4 Å². The number of pyridine rings is 1. The number of hydrogen-bond acceptors (Lipinski definition) is 5. The lowest BCUT2D eigenvalue weighted by Gasteiger charge is -2.28. The zero-order chi connectivity index (χ0) is 15.2. The summed E-state index contributed by atoms with van der Waals surface area (Å²) in [6.45, 7) is 1.70. The number of nitrogens with one attached hydrogen (secondary N) is 1. The van der Waals surface area contributed by atoms with Crippen LogP contribution in [0.15, 0.2) is 18.3 Å². The first kappa shape index (κ1) is 15.9. The van der Waals surface area contributed by atoms with Crippen LogP contribution in [0.4, 0.5) is 0 Å². The van der Waals surface area contributed by atoms with Crippen LogP contribution in [-0.4, -0.2) is 48.3 Å². The number of carboxylic acids is 1. The van der Waals surface area contributed by atoms with Crippen molar-refractivity contribution in [1.82, 2.24) is 10.3 Å². The highest BCUT2D eigenvalue weighted by Gasteiger charge is 2.30. The van der Waals surface area contributed by atoms with Crippen molar-refractivity contribution < 1.29 is 24.2 Å². The number of aromatic nitrogens is 1. The molecule has 1 atom stereocenters. The number of carbonyl (C=O) groups is 2. The first-order valence-corrected chi connectivity index (χ1v) is 5.93. The van der Waals surface area contributed by atoms with Crippen molar-refractivity contribution in [3.63, 3.8) is 0 Å². The van der Waals surface area contributed by atoms with E-state index < -0.39 is 17.4 Å². The van der Waals surface area contributed by atoms with Gasteiger partial charge in [-0.3, -0.25) is 9.59 Å². The highest BCUT2D eigenvalue weighted by Crippen LogP contribution is 2.13. The molecular formula is C13H18N2O5. The molecular weight excluding hydrogens is 264 g/mol. The summed E-state index contributed by atoms with van der Waals surface area (Å²) in [5.41, 5.74) is -0.670. The normalized spacial score (nSPS) is 13.3. The minimum absolute atomic E-state index is 0.0919. The first-order valence-electron chi connectivity index (χ1n) is 5.93. The number of carbonyl (C=O) groups excluding carboxylic acids is 1. The number of carboxylic acid groups (broad SMARTS) is 1. The van der Waals surface area contributed by atoms with Gasteiger partial charge in [0.15, 0.2) is 0 Å². The number of amides is 1. The number of hydrogen-bond donors (Lipinski definition) is 2. The average Bonchev–Trinajstić information content (AvgIpc) is 2.37. The lowest BCUT2D eigenvalue weighted by Crippen LogP contribution is -2.50. The van der Waals surface area contributed by atoms with Crippen molar-refractivity contribution in [2.45, 2.75) is 18.9 Å². The van der Waals surface area contributed by atoms with Crippen molar-refractivity contribution in [2.75, 3.05) is 20.8 Å². The third kappa shape index (κ3) is 4.51. The number of methoxy groups -OCH3 is 2. The molecule has 1 aromatic heterocycles. The number of ether oxygens (including phenoxy) is 2. The highest BCUT2D eigenvalue weighted by atomic mass is 16.5. The second kappa shape index (κ2) is 6.85. The Morgan fingerprint density at radius 1 is 1.40 bits per heavy atom. The SMILES string of the molecule is COCC(C)(CC(=O)O)NC(=O)c1ccc(OC)nc1. The maximum absolute atomic E-state index is 12.1. The molecule has 110 valence electrons. The quantitative estimate of drug-likeness (QED) is 0.764. The van der Waals surface area contributed by atoms with Crippen LogP contribution in [0, 0.1) is 0 Å². The zero-order valence-corrected chi connectivity index (χ0v) is 11.7. The summed E-state index contributed by atoms with van der Waals surface area (Å²) in [6.07, 6.45) is 1.12. The maximum Gasteiger partial charge on any atom is 0.305 e. The molecule has 0 aromatic carbocycles. The van der Waals surface area contributed by atoms with Crippen LogP contribution in [0.2, 0.25) is 0 Å². The predicted molar refractivity (Wildman–Crippen MR) is 70.8 cm³/mol. The van der Waals surface area contributed by atoms with Gasteiger partial charge in [0.2, 0.25) is 5.88 Å². The second-order valence-electron chi connectivity index (χ2n) is 4.61. The molecule has 1 aromatic rings. The molecule has 0 spiro atoms. The number of nitrogens with zero attached hydrogens (tertiary/aromatic N) is 1. The van der Waals surface area contributed by atoms with Crippen LogP contribution in [0.3, 0.4) is 0 Å². The van der Waals surface area contributed by atoms with E-state index in [1.165, 1.54) is 20.4 Å². The zero-order valence-electron chi connectivity index (χ0n) is 11.7. The fourth-order valence-electron chi connectivity index (χ4n) is 1.77. The Balaban J connectivity index is 2.81.